The van der Waals surface area contributed by atoms with Gasteiger partial charge >= 0.3 is 0 Å². The molecule has 0 spiro atoms. The van der Waals surface area contributed by atoms with Gasteiger partial charge in [-0.25, -0.2) is 0 Å². The average Bonchev–Trinajstić information content (AvgIpc) is 2.31. The fourth-order valence-corrected chi connectivity index (χ4v) is 2.95. The molecule has 2 heteroatoms. The van der Waals surface area contributed by atoms with E-state index < -0.39 is 0 Å². The van der Waals surface area contributed by atoms with Crippen molar-refractivity contribution in [3.8, 4) is 0 Å². The Bertz CT molecular complexity index is 249. The minimum Gasteiger partial charge on any atom is -0.393 e. The van der Waals surface area contributed by atoms with Crippen molar-refractivity contribution in [2.24, 2.45) is 17.8 Å². The summed E-state index contributed by atoms with van der Waals surface area (Å²) >= 11 is 0. The van der Waals surface area contributed by atoms with E-state index in [1.807, 2.05) is 0 Å². The van der Waals surface area contributed by atoms with E-state index in [4.69, 9.17) is 0 Å². The molecular weight excluding hydrogens is 222 g/mol. The number of hydrogen-bond donors (Lipinski definition) is 1. The Morgan fingerprint density at radius 2 is 1.89 bits per heavy atom. The van der Waals surface area contributed by atoms with Crippen LogP contribution in [0.5, 0.6) is 0 Å². The van der Waals surface area contributed by atoms with Crippen molar-refractivity contribution in [3.05, 3.63) is 0 Å². The zero-order valence-electron chi connectivity index (χ0n) is 13.2. The quantitative estimate of drug-likeness (QED) is 0.812. The molecule has 0 aromatic heterocycles. The molecule has 18 heavy (non-hydrogen) atoms. The molecule has 0 bridgehead atoms. The second-order valence-electron chi connectivity index (χ2n) is 7.19. The zero-order valence-corrected chi connectivity index (χ0v) is 13.2. The first-order valence-corrected chi connectivity index (χ1v) is 7.67. The lowest BCUT2D eigenvalue weighted by molar-refractivity contribution is 0.00517. The molecule has 0 saturated heterocycles. The molecule has 1 rings (SSSR count). The average molecular weight is 255 g/mol. The normalized spacial score (nSPS) is 30.2. The van der Waals surface area contributed by atoms with Gasteiger partial charge in [-0.05, 0) is 64.3 Å². The maximum atomic E-state index is 10.2. The minimum absolute atomic E-state index is 0.0879. The molecule has 1 saturated carbocycles. The summed E-state index contributed by atoms with van der Waals surface area (Å²) < 4.78 is 0. The summed E-state index contributed by atoms with van der Waals surface area (Å²) in [5.74, 6) is 2.02. The molecule has 1 fully saturated rings. The van der Waals surface area contributed by atoms with Gasteiger partial charge in [-0.2, -0.15) is 0 Å². The highest BCUT2D eigenvalue weighted by Gasteiger charge is 2.33. The van der Waals surface area contributed by atoms with Crippen LogP contribution in [0.25, 0.3) is 0 Å². The number of hydrogen-bond acceptors (Lipinski definition) is 2. The molecule has 108 valence electrons. The monoisotopic (exact) mass is 255 g/mol. The van der Waals surface area contributed by atoms with Crippen LogP contribution >= 0.6 is 0 Å². The van der Waals surface area contributed by atoms with E-state index in [1.165, 1.54) is 12.8 Å². The number of aliphatic hydroxyl groups excluding tert-OH is 1. The smallest absolute Gasteiger partial charge is 0.0580 e. The van der Waals surface area contributed by atoms with Gasteiger partial charge in [0.15, 0.2) is 0 Å². The molecule has 0 heterocycles. The van der Waals surface area contributed by atoms with Crippen molar-refractivity contribution in [1.82, 2.24) is 4.90 Å². The maximum Gasteiger partial charge on any atom is 0.0580 e. The third-order valence-electron chi connectivity index (χ3n) is 5.33. The Hall–Kier alpha value is -0.0800. The SMILES string of the molecule is CCC(C)(C)N(C)CC1CC(C(C)C)CCC1O. The van der Waals surface area contributed by atoms with Crippen LogP contribution in [0.15, 0.2) is 0 Å². The van der Waals surface area contributed by atoms with Crippen molar-refractivity contribution in [3.63, 3.8) is 0 Å². The van der Waals surface area contributed by atoms with E-state index >= 15 is 0 Å². The van der Waals surface area contributed by atoms with Gasteiger partial charge in [-0.1, -0.05) is 20.8 Å². The van der Waals surface area contributed by atoms with Crippen LogP contribution in [-0.2, 0) is 0 Å². The van der Waals surface area contributed by atoms with Gasteiger partial charge in [0, 0.05) is 12.1 Å². The van der Waals surface area contributed by atoms with E-state index in [9.17, 15) is 5.11 Å². The predicted octanol–water partition coefficient (Wildman–Crippen LogP) is 3.54. The minimum atomic E-state index is -0.0879. The first-order valence-electron chi connectivity index (χ1n) is 7.67. The van der Waals surface area contributed by atoms with Gasteiger partial charge in [-0.15, -0.1) is 0 Å². The zero-order chi connectivity index (χ0) is 13.9. The molecule has 1 aliphatic carbocycles. The highest BCUT2D eigenvalue weighted by molar-refractivity contribution is 4.86. The number of rotatable bonds is 5. The molecule has 0 amide bonds. The molecule has 1 N–H and O–H groups in total. The summed E-state index contributed by atoms with van der Waals surface area (Å²) in [6, 6.07) is 0. The van der Waals surface area contributed by atoms with Crippen LogP contribution < -0.4 is 0 Å². The van der Waals surface area contributed by atoms with E-state index in [0.717, 1.165) is 31.2 Å². The van der Waals surface area contributed by atoms with Crippen molar-refractivity contribution in [2.75, 3.05) is 13.6 Å². The summed E-state index contributed by atoms with van der Waals surface area (Å²) in [4.78, 5) is 2.43. The molecule has 0 aromatic carbocycles. The third kappa shape index (κ3) is 3.96. The molecule has 3 atom stereocenters. The first-order chi connectivity index (χ1) is 8.27. The first kappa shape index (κ1) is 16.0. The van der Waals surface area contributed by atoms with Crippen LogP contribution in [0, 0.1) is 17.8 Å². The van der Waals surface area contributed by atoms with Crippen molar-refractivity contribution >= 4 is 0 Å². The molecule has 2 nitrogen and oxygen atoms in total. The number of nitrogens with zero attached hydrogens (tertiary/aromatic N) is 1. The van der Waals surface area contributed by atoms with E-state index in [1.54, 1.807) is 0 Å². The predicted molar refractivity (Wildman–Crippen MR) is 78.7 cm³/mol. The Morgan fingerprint density at radius 3 is 2.39 bits per heavy atom. The summed E-state index contributed by atoms with van der Waals surface area (Å²) in [6.45, 7) is 12.5. The third-order valence-corrected chi connectivity index (χ3v) is 5.33. The van der Waals surface area contributed by atoms with Gasteiger partial charge in [-0.3, -0.25) is 0 Å². The van der Waals surface area contributed by atoms with E-state index in [0.29, 0.717) is 5.92 Å². The molecule has 0 aromatic rings. The Kier molecular flexibility index (Phi) is 5.67. The van der Waals surface area contributed by atoms with Crippen LogP contribution in [0.1, 0.15) is 60.3 Å². The van der Waals surface area contributed by atoms with E-state index in [2.05, 4.69) is 46.6 Å². The highest BCUT2D eigenvalue weighted by atomic mass is 16.3. The summed E-state index contributed by atoms with van der Waals surface area (Å²) in [7, 11) is 2.20. The van der Waals surface area contributed by atoms with Gasteiger partial charge < -0.3 is 10.0 Å². The lowest BCUT2D eigenvalue weighted by Gasteiger charge is -2.42. The lowest BCUT2D eigenvalue weighted by Crippen LogP contribution is -2.46. The van der Waals surface area contributed by atoms with Gasteiger partial charge in [0.1, 0.15) is 0 Å². The Balaban J connectivity index is 2.58. The van der Waals surface area contributed by atoms with Crippen LogP contribution in [0.3, 0.4) is 0 Å². The summed E-state index contributed by atoms with van der Waals surface area (Å²) in [5.41, 5.74) is 0.241. The fraction of sp³-hybridized carbons (Fsp3) is 1.00. The second kappa shape index (κ2) is 6.38. The van der Waals surface area contributed by atoms with Crippen molar-refractivity contribution < 1.29 is 5.11 Å². The lowest BCUT2D eigenvalue weighted by atomic mass is 9.74. The fourth-order valence-electron chi connectivity index (χ4n) is 2.95. The largest absolute Gasteiger partial charge is 0.393 e. The Morgan fingerprint density at radius 1 is 1.28 bits per heavy atom. The molecule has 0 aliphatic heterocycles. The highest BCUT2D eigenvalue weighted by Crippen LogP contribution is 2.35. The summed E-state index contributed by atoms with van der Waals surface area (Å²) in [6.07, 6.45) is 4.46. The standard InChI is InChI=1S/C16H33NO/c1-7-16(4,5)17(6)11-14-10-13(12(2)3)8-9-15(14)18/h12-15,18H,7-11H2,1-6H3. The van der Waals surface area contributed by atoms with Crippen molar-refractivity contribution in [2.45, 2.75) is 71.9 Å². The molecular formula is C16H33NO. The Labute approximate surface area is 114 Å². The van der Waals surface area contributed by atoms with Gasteiger partial charge in [0.2, 0.25) is 0 Å². The van der Waals surface area contributed by atoms with Crippen LogP contribution in [-0.4, -0.2) is 35.2 Å². The van der Waals surface area contributed by atoms with Gasteiger partial charge in [0.05, 0.1) is 6.10 Å². The summed E-state index contributed by atoms with van der Waals surface area (Å²) in [5, 5.41) is 10.2. The van der Waals surface area contributed by atoms with E-state index in [-0.39, 0.29) is 11.6 Å². The molecule has 0 radical (unpaired) electrons. The maximum absolute atomic E-state index is 10.2. The number of aliphatic hydroxyl groups is 1. The molecule has 1 aliphatic rings. The van der Waals surface area contributed by atoms with Gasteiger partial charge in [0.25, 0.3) is 0 Å². The van der Waals surface area contributed by atoms with Crippen LogP contribution in [0.2, 0.25) is 0 Å². The van der Waals surface area contributed by atoms with Crippen molar-refractivity contribution in [1.29, 1.82) is 0 Å². The molecule has 3 unspecified atom stereocenters. The van der Waals surface area contributed by atoms with Crippen LogP contribution in [0.4, 0.5) is 0 Å². The second-order valence-corrected chi connectivity index (χ2v) is 7.19. The topological polar surface area (TPSA) is 23.5 Å².